The van der Waals surface area contributed by atoms with Gasteiger partial charge in [0.25, 0.3) is 5.91 Å². The van der Waals surface area contributed by atoms with Gasteiger partial charge in [-0.3, -0.25) is 10.2 Å². The fraction of sp³-hybridized carbons (Fsp3) is 0.700. The Morgan fingerprint density at radius 3 is 2.38 bits per heavy atom. The van der Waals surface area contributed by atoms with Crippen LogP contribution < -0.4 is 5.43 Å². The van der Waals surface area contributed by atoms with E-state index >= 15 is 0 Å². The van der Waals surface area contributed by atoms with E-state index < -0.39 is 0 Å². The molecule has 1 heterocycles. The van der Waals surface area contributed by atoms with Crippen molar-refractivity contribution in [3.8, 4) is 0 Å². The maximum Gasteiger partial charge on any atom is 0.258 e. The first-order valence-corrected chi connectivity index (χ1v) is 4.89. The molecule has 0 aliphatic carbocycles. The molecule has 3 nitrogen and oxygen atoms in total. The monoisotopic (exact) mass is 182 g/mol. The number of allylic oxidation sites excluding steroid dienone is 1. The quantitative estimate of drug-likeness (QED) is 0.656. The van der Waals surface area contributed by atoms with Crippen LogP contribution in [0.5, 0.6) is 0 Å². The van der Waals surface area contributed by atoms with Gasteiger partial charge in [0.2, 0.25) is 0 Å². The number of piperidine rings is 1. The van der Waals surface area contributed by atoms with Crippen LogP contribution in [0.1, 0.15) is 33.1 Å². The Morgan fingerprint density at radius 1 is 1.23 bits per heavy atom. The van der Waals surface area contributed by atoms with Crippen LogP contribution in [0.25, 0.3) is 0 Å². The molecule has 1 N–H and O–H groups in total. The van der Waals surface area contributed by atoms with Crippen LogP contribution in [0.4, 0.5) is 0 Å². The van der Waals surface area contributed by atoms with Crippen LogP contribution in [0.2, 0.25) is 0 Å². The fourth-order valence-electron chi connectivity index (χ4n) is 1.46. The fourth-order valence-corrected chi connectivity index (χ4v) is 1.46. The number of hydrazine groups is 1. The Kier molecular flexibility index (Phi) is 3.96. The molecule has 0 spiro atoms. The number of amides is 1. The summed E-state index contributed by atoms with van der Waals surface area (Å²) in [5.74, 6) is 0.00176. The molecular weight excluding hydrogens is 164 g/mol. The van der Waals surface area contributed by atoms with Gasteiger partial charge < -0.3 is 0 Å². The van der Waals surface area contributed by atoms with Crippen LogP contribution in [0, 0.1) is 0 Å². The lowest BCUT2D eigenvalue weighted by atomic mass is 10.2. The normalized spacial score (nSPS) is 18.0. The van der Waals surface area contributed by atoms with Crippen LogP contribution in [-0.2, 0) is 4.79 Å². The first kappa shape index (κ1) is 10.3. The summed E-state index contributed by atoms with van der Waals surface area (Å²) in [4.78, 5) is 11.3. The molecular formula is C10H18N2O. The summed E-state index contributed by atoms with van der Waals surface area (Å²) >= 11 is 0. The van der Waals surface area contributed by atoms with Gasteiger partial charge in [0.05, 0.1) is 0 Å². The molecule has 13 heavy (non-hydrogen) atoms. The van der Waals surface area contributed by atoms with Crippen LogP contribution in [0.3, 0.4) is 0 Å². The van der Waals surface area contributed by atoms with Crippen molar-refractivity contribution in [3.63, 3.8) is 0 Å². The number of nitrogens with one attached hydrogen (secondary N) is 1. The second kappa shape index (κ2) is 5.02. The Balaban J connectivity index is 2.30. The molecule has 0 aromatic heterocycles. The third-order valence-electron chi connectivity index (χ3n) is 2.04. The van der Waals surface area contributed by atoms with Crippen LogP contribution in [0.15, 0.2) is 11.6 Å². The number of rotatable bonds is 2. The predicted octanol–water partition coefficient (Wildman–Crippen LogP) is 1.47. The summed E-state index contributed by atoms with van der Waals surface area (Å²) in [5, 5.41) is 2.01. The number of nitrogens with zero attached hydrogens (tertiary/aromatic N) is 1. The zero-order valence-corrected chi connectivity index (χ0v) is 8.47. The highest BCUT2D eigenvalue weighted by atomic mass is 16.2. The van der Waals surface area contributed by atoms with E-state index in [1.165, 1.54) is 19.3 Å². The Hall–Kier alpha value is -0.830. The molecule has 0 radical (unpaired) electrons. The van der Waals surface area contributed by atoms with Gasteiger partial charge in [-0.15, -0.1) is 0 Å². The van der Waals surface area contributed by atoms with Gasteiger partial charge in [0.1, 0.15) is 0 Å². The van der Waals surface area contributed by atoms with E-state index in [1.807, 2.05) is 18.9 Å². The second-order valence-electron chi connectivity index (χ2n) is 3.75. The van der Waals surface area contributed by atoms with Crippen molar-refractivity contribution in [1.82, 2.24) is 10.4 Å². The number of hydrogen-bond donors (Lipinski definition) is 1. The van der Waals surface area contributed by atoms with Gasteiger partial charge in [-0.05, 0) is 26.7 Å². The first-order chi connectivity index (χ1) is 6.18. The summed E-state index contributed by atoms with van der Waals surface area (Å²) < 4.78 is 0. The van der Waals surface area contributed by atoms with Crippen molar-refractivity contribution >= 4 is 5.91 Å². The summed E-state index contributed by atoms with van der Waals surface area (Å²) in [6, 6.07) is 0. The molecule has 0 aromatic carbocycles. The molecule has 1 aliphatic rings. The largest absolute Gasteiger partial charge is 0.285 e. The summed E-state index contributed by atoms with van der Waals surface area (Å²) in [6.45, 7) is 5.83. The summed E-state index contributed by atoms with van der Waals surface area (Å²) in [5.41, 5.74) is 3.90. The first-order valence-electron chi connectivity index (χ1n) is 4.89. The molecule has 1 fully saturated rings. The van der Waals surface area contributed by atoms with E-state index in [9.17, 15) is 4.79 Å². The minimum Gasteiger partial charge on any atom is -0.285 e. The highest BCUT2D eigenvalue weighted by Gasteiger charge is 2.10. The lowest BCUT2D eigenvalue weighted by Crippen LogP contribution is -2.44. The van der Waals surface area contributed by atoms with Crippen molar-refractivity contribution < 1.29 is 4.79 Å². The molecule has 1 amide bonds. The highest BCUT2D eigenvalue weighted by Crippen LogP contribution is 2.05. The minimum absolute atomic E-state index is 0.00176. The lowest BCUT2D eigenvalue weighted by molar-refractivity contribution is -0.121. The second-order valence-corrected chi connectivity index (χ2v) is 3.75. The van der Waals surface area contributed by atoms with Crippen molar-refractivity contribution in [2.24, 2.45) is 0 Å². The van der Waals surface area contributed by atoms with Crippen molar-refractivity contribution in [2.45, 2.75) is 33.1 Å². The van der Waals surface area contributed by atoms with E-state index in [4.69, 9.17) is 0 Å². The zero-order chi connectivity index (χ0) is 9.68. The van der Waals surface area contributed by atoms with E-state index in [-0.39, 0.29) is 5.91 Å². The van der Waals surface area contributed by atoms with Crippen molar-refractivity contribution in [3.05, 3.63) is 11.6 Å². The Labute approximate surface area is 79.8 Å². The van der Waals surface area contributed by atoms with Gasteiger partial charge in [0, 0.05) is 19.2 Å². The van der Waals surface area contributed by atoms with Crippen molar-refractivity contribution in [1.29, 1.82) is 0 Å². The molecule has 1 aliphatic heterocycles. The molecule has 0 unspecified atom stereocenters. The summed E-state index contributed by atoms with van der Waals surface area (Å²) in [7, 11) is 0. The van der Waals surface area contributed by atoms with Crippen LogP contribution >= 0.6 is 0 Å². The minimum atomic E-state index is 0.00176. The molecule has 0 aromatic rings. The lowest BCUT2D eigenvalue weighted by Gasteiger charge is -2.26. The molecule has 3 heteroatoms. The molecule has 1 saturated heterocycles. The maximum absolute atomic E-state index is 11.3. The molecule has 74 valence electrons. The number of carbonyl (C=O) groups excluding carboxylic acids is 1. The van der Waals surface area contributed by atoms with Gasteiger partial charge >= 0.3 is 0 Å². The third kappa shape index (κ3) is 4.08. The smallest absolute Gasteiger partial charge is 0.258 e. The molecule has 0 atom stereocenters. The average Bonchev–Trinajstić information content (AvgIpc) is 2.04. The van der Waals surface area contributed by atoms with Gasteiger partial charge in [-0.2, -0.15) is 0 Å². The molecule has 0 saturated carbocycles. The maximum atomic E-state index is 11.3. The van der Waals surface area contributed by atoms with E-state index in [0.29, 0.717) is 0 Å². The Morgan fingerprint density at radius 2 is 1.85 bits per heavy atom. The van der Waals surface area contributed by atoms with E-state index in [1.54, 1.807) is 6.08 Å². The van der Waals surface area contributed by atoms with Gasteiger partial charge in [-0.1, -0.05) is 12.0 Å². The third-order valence-corrected chi connectivity index (χ3v) is 2.04. The van der Waals surface area contributed by atoms with Crippen molar-refractivity contribution in [2.75, 3.05) is 13.1 Å². The Bertz CT molecular complexity index is 201. The zero-order valence-electron chi connectivity index (χ0n) is 8.47. The summed E-state index contributed by atoms with van der Waals surface area (Å²) in [6.07, 6.45) is 5.30. The SMILES string of the molecule is CC(C)=CC(=O)NN1CCCCC1. The van der Waals surface area contributed by atoms with Crippen LogP contribution in [-0.4, -0.2) is 24.0 Å². The van der Waals surface area contributed by atoms with E-state index in [2.05, 4.69) is 5.43 Å². The van der Waals surface area contributed by atoms with E-state index in [0.717, 1.165) is 18.7 Å². The number of carbonyl (C=O) groups is 1. The predicted molar refractivity (Wildman–Crippen MR) is 53.0 cm³/mol. The number of hydrogen-bond acceptors (Lipinski definition) is 2. The molecule has 1 rings (SSSR count). The topological polar surface area (TPSA) is 32.3 Å². The van der Waals surface area contributed by atoms with Gasteiger partial charge in [0.15, 0.2) is 0 Å². The average molecular weight is 182 g/mol. The standard InChI is InChI=1S/C10H18N2O/c1-9(2)8-10(13)11-12-6-4-3-5-7-12/h8H,3-7H2,1-2H3,(H,11,13). The highest BCUT2D eigenvalue weighted by molar-refractivity contribution is 5.87. The molecule has 0 bridgehead atoms. The van der Waals surface area contributed by atoms with Gasteiger partial charge in [-0.25, -0.2) is 5.01 Å².